The van der Waals surface area contributed by atoms with Crippen LogP contribution in [0.25, 0.3) is 0 Å². The maximum absolute atomic E-state index is 8.87. The van der Waals surface area contributed by atoms with Gasteiger partial charge in [-0.15, -0.1) is 11.8 Å². The van der Waals surface area contributed by atoms with E-state index in [1.807, 2.05) is 19.1 Å². The highest BCUT2D eigenvalue weighted by molar-refractivity contribution is 8.00. The van der Waals surface area contributed by atoms with E-state index in [4.69, 9.17) is 27.6 Å². The summed E-state index contributed by atoms with van der Waals surface area (Å²) in [6, 6.07) is 5.36. The molecule has 0 saturated carbocycles. The summed E-state index contributed by atoms with van der Waals surface area (Å²) in [5.41, 5.74) is 6.13. The second-order valence-electron chi connectivity index (χ2n) is 3.54. The van der Waals surface area contributed by atoms with Crippen LogP contribution in [0, 0.1) is 0 Å². The van der Waals surface area contributed by atoms with E-state index in [1.54, 1.807) is 6.07 Å². The Labute approximate surface area is 109 Å². The number of hydrogen-bond acceptors (Lipinski definition) is 4. The van der Waals surface area contributed by atoms with E-state index in [0.717, 1.165) is 4.90 Å². The summed E-state index contributed by atoms with van der Waals surface area (Å²) in [5, 5.41) is 21.2. The van der Waals surface area contributed by atoms with E-state index >= 15 is 0 Å². The van der Waals surface area contributed by atoms with Crippen LogP contribution >= 0.6 is 23.4 Å². The molecule has 1 rings (SSSR count). The molecule has 0 radical (unpaired) electrons. The SMILES string of the molecule is CC(CCO)Sc1cccc(Cl)c1C(N)=NO. The fourth-order valence-electron chi connectivity index (χ4n) is 1.36. The van der Waals surface area contributed by atoms with Crippen molar-refractivity contribution in [2.24, 2.45) is 10.9 Å². The molecule has 1 aromatic carbocycles. The molecule has 0 bridgehead atoms. The number of nitrogens with zero attached hydrogens (tertiary/aromatic N) is 1. The molecule has 0 saturated heterocycles. The van der Waals surface area contributed by atoms with Gasteiger partial charge in [-0.3, -0.25) is 0 Å². The monoisotopic (exact) mass is 274 g/mol. The minimum Gasteiger partial charge on any atom is -0.409 e. The number of amidine groups is 1. The van der Waals surface area contributed by atoms with Gasteiger partial charge in [0, 0.05) is 16.8 Å². The molecule has 94 valence electrons. The van der Waals surface area contributed by atoms with Crippen LogP contribution in [-0.2, 0) is 0 Å². The van der Waals surface area contributed by atoms with Crippen molar-refractivity contribution in [3.8, 4) is 0 Å². The van der Waals surface area contributed by atoms with Crippen LogP contribution in [0.3, 0.4) is 0 Å². The van der Waals surface area contributed by atoms with Crippen LogP contribution in [0.4, 0.5) is 0 Å². The largest absolute Gasteiger partial charge is 0.409 e. The minimum absolute atomic E-state index is 0.00528. The normalized spacial score (nSPS) is 13.7. The zero-order chi connectivity index (χ0) is 12.8. The molecule has 4 N–H and O–H groups in total. The van der Waals surface area contributed by atoms with E-state index in [1.165, 1.54) is 11.8 Å². The van der Waals surface area contributed by atoms with Gasteiger partial charge in [0.2, 0.25) is 0 Å². The van der Waals surface area contributed by atoms with Crippen LogP contribution in [0.15, 0.2) is 28.3 Å². The maximum atomic E-state index is 8.87. The number of aliphatic hydroxyl groups is 1. The van der Waals surface area contributed by atoms with Crippen molar-refractivity contribution in [3.05, 3.63) is 28.8 Å². The van der Waals surface area contributed by atoms with Crippen molar-refractivity contribution in [2.75, 3.05) is 6.61 Å². The molecule has 1 unspecified atom stereocenters. The van der Waals surface area contributed by atoms with Crippen LogP contribution < -0.4 is 5.73 Å². The third-order valence-electron chi connectivity index (χ3n) is 2.20. The van der Waals surface area contributed by atoms with Gasteiger partial charge in [-0.25, -0.2) is 0 Å². The standard InChI is InChI=1S/C11H15ClN2O2S/c1-7(5-6-15)17-9-4-2-3-8(12)10(9)11(13)14-16/h2-4,7,15-16H,5-6H2,1H3,(H2,13,14). The molecule has 0 amide bonds. The fraction of sp³-hybridized carbons (Fsp3) is 0.364. The van der Waals surface area contributed by atoms with E-state index in [9.17, 15) is 0 Å². The summed E-state index contributed by atoms with van der Waals surface area (Å²) in [7, 11) is 0. The first kappa shape index (κ1) is 14.2. The second-order valence-corrected chi connectivity index (χ2v) is 5.43. The van der Waals surface area contributed by atoms with Gasteiger partial charge in [0.15, 0.2) is 5.84 Å². The number of aliphatic hydroxyl groups excluding tert-OH is 1. The molecule has 6 heteroatoms. The van der Waals surface area contributed by atoms with Crippen molar-refractivity contribution in [1.82, 2.24) is 0 Å². The molecule has 0 spiro atoms. The third kappa shape index (κ3) is 3.80. The van der Waals surface area contributed by atoms with E-state index in [0.29, 0.717) is 17.0 Å². The number of benzene rings is 1. The highest BCUT2D eigenvalue weighted by Gasteiger charge is 2.14. The van der Waals surface area contributed by atoms with E-state index in [2.05, 4.69) is 5.16 Å². The summed E-state index contributed by atoms with van der Waals surface area (Å²) < 4.78 is 0. The lowest BCUT2D eigenvalue weighted by atomic mass is 10.2. The predicted octanol–water partition coefficient (Wildman–Crippen LogP) is 2.30. The number of oxime groups is 1. The Morgan fingerprint density at radius 1 is 1.59 bits per heavy atom. The highest BCUT2D eigenvalue weighted by Crippen LogP contribution is 2.32. The zero-order valence-corrected chi connectivity index (χ0v) is 11.0. The number of hydrogen-bond donors (Lipinski definition) is 3. The third-order valence-corrected chi connectivity index (χ3v) is 3.75. The van der Waals surface area contributed by atoms with E-state index < -0.39 is 0 Å². The highest BCUT2D eigenvalue weighted by atomic mass is 35.5. The van der Waals surface area contributed by atoms with Crippen LogP contribution in [-0.4, -0.2) is 28.0 Å². The Hall–Kier alpha value is -0.910. The molecule has 4 nitrogen and oxygen atoms in total. The Balaban J connectivity index is 3.03. The van der Waals surface area contributed by atoms with Gasteiger partial charge in [0.25, 0.3) is 0 Å². The van der Waals surface area contributed by atoms with Gasteiger partial charge in [-0.2, -0.15) is 0 Å². The van der Waals surface area contributed by atoms with Gasteiger partial charge in [0.05, 0.1) is 10.6 Å². The first-order chi connectivity index (χ1) is 8.10. The van der Waals surface area contributed by atoms with Crippen molar-refractivity contribution < 1.29 is 10.3 Å². The molecule has 0 aromatic heterocycles. The molecule has 0 fully saturated rings. The van der Waals surface area contributed by atoms with Crippen LogP contribution in [0.1, 0.15) is 18.9 Å². The van der Waals surface area contributed by atoms with Crippen molar-refractivity contribution >= 4 is 29.2 Å². The molecule has 0 aliphatic carbocycles. The number of halogens is 1. The average molecular weight is 275 g/mol. The molecule has 1 atom stereocenters. The first-order valence-electron chi connectivity index (χ1n) is 5.14. The quantitative estimate of drug-likeness (QED) is 0.253. The Kier molecular flexibility index (Phi) is 5.61. The van der Waals surface area contributed by atoms with E-state index in [-0.39, 0.29) is 17.7 Å². The van der Waals surface area contributed by atoms with Crippen LogP contribution in [0.5, 0.6) is 0 Å². The zero-order valence-electron chi connectivity index (χ0n) is 9.43. The van der Waals surface area contributed by atoms with Gasteiger partial charge >= 0.3 is 0 Å². The summed E-state index contributed by atoms with van der Waals surface area (Å²) in [5.74, 6) is -0.00528. The molecule has 0 heterocycles. The molecular weight excluding hydrogens is 260 g/mol. The minimum atomic E-state index is -0.00528. The predicted molar refractivity (Wildman–Crippen MR) is 71.0 cm³/mol. The molecular formula is C11H15ClN2O2S. The number of nitrogens with two attached hydrogens (primary N) is 1. The van der Waals surface area contributed by atoms with Crippen molar-refractivity contribution in [3.63, 3.8) is 0 Å². The van der Waals surface area contributed by atoms with Gasteiger partial charge < -0.3 is 16.0 Å². The lowest BCUT2D eigenvalue weighted by Gasteiger charge is -2.13. The lowest BCUT2D eigenvalue weighted by Crippen LogP contribution is -2.15. The maximum Gasteiger partial charge on any atom is 0.172 e. The summed E-state index contributed by atoms with van der Waals surface area (Å²) >= 11 is 7.57. The molecule has 0 aliphatic heterocycles. The molecule has 0 aliphatic rings. The van der Waals surface area contributed by atoms with Gasteiger partial charge in [0.1, 0.15) is 0 Å². The Morgan fingerprint density at radius 2 is 2.29 bits per heavy atom. The second kappa shape index (κ2) is 6.74. The summed E-state index contributed by atoms with van der Waals surface area (Å²) in [4.78, 5) is 0.841. The number of thioether (sulfide) groups is 1. The number of rotatable bonds is 5. The summed E-state index contributed by atoms with van der Waals surface area (Å²) in [6.45, 7) is 2.13. The molecule has 17 heavy (non-hydrogen) atoms. The summed E-state index contributed by atoms with van der Waals surface area (Å²) in [6.07, 6.45) is 0.673. The van der Waals surface area contributed by atoms with Crippen molar-refractivity contribution in [2.45, 2.75) is 23.5 Å². The fourth-order valence-corrected chi connectivity index (χ4v) is 2.83. The average Bonchev–Trinajstić information content (AvgIpc) is 2.28. The Morgan fingerprint density at radius 3 is 2.88 bits per heavy atom. The molecule has 1 aromatic rings. The van der Waals surface area contributed by atoms with Gasteiger partial charge in [-0.05, 0) is 18.6 Å². The van der Waals surface area contributed by atoms with Crippen molar-refractivity contribution in [1.29, 1.82) is 0 Å². The topological polar surface area (TPSA) is 78.8 Å². The lowest BCUT2D eigenvalue weighted by molar-refractivity contribution is 0.289. The van der Waals surface area contributed by atoms with Crippen LogP contribution in [0.2, 0.25) is 5.02 Å². The Bertz CT molecular complexity index is 412. The van der Waals surface area contributed by atoms with Gasteiger partial charge in [-0.1, -0.05) is 29.7 Å². The smallest absolute Gasteiger partial charge is 0.172 e. The first-order valence-corrected chi connectivity index (χ1v) is 6.39.